The maximum Gasteiger partial charge on any atom is 0.152 e. The quantitative estimate of drug-likeness (QED) is 0.659. The van der Waals surface area contributed by atoms with Gasteiger partial charge in [0.25, 0.3) is 0 Å². The summed E-state index contributed by atoms with van der Waals surface area (Å²) in [5.41, 5.74) is 2.32. The van der Waals surface area contributed by atoms with Crippen molar-refractivity contribution in [2.75, 3.05) is 5.75 Å². The van der Waals surface area contributed by atoms with E-state index in [1.807, 2.05) is 12.1 Å². The summed E-state index contributed by atoms with van der Waals surface area (Å²) in [4.78, 5) is 11.9. The molecule has 0 aliphatic carbocycles. The zero-order valence-electron chi connectivity index (χ0n) is 14.0. The van der Waals surface area contributed by atoms with E-state index in [0.717, 1.165) is 12.0 Å². The maximum absolute atomic E-state index is 11.9. The van der Waals surface area contributed by atoms with Gasteiger partial charge in [-0.2, -0.15) is 0 Å². The minimum Gasteiger partial charge on any atom is -0.299 e. The monoisotopic (exact) mass is 324 g/mol. The fourth-order valence-corrected chi connectivity index (χ4v) is 3.25. The van der Waals surface area contributed by atoms with Crippen LogP contribution < -0.4 is 0 Å². The van der Waals surface area contributed by atoms with Gasteiger partial charge in [-0.15, -0.1) is 0 Å². The summed E-state index contributed by atoms with van der Waals surface area (Å²) in [6, 6.07) is 8.19. The van der Waals surface area contributed by atoms with Crippen molar-refractivity contribution in [3.05, 3.63) is 35.4 Å². The minimum absolute atomic E-state index is 0.104. The molecule has 0 spiro atoms. The molecule has 1 aromatic rings. The van der Waals surface area contributed by atoms with Gasteiger partial charge in [-0.05, 0) is 44.2 Å². The molecule has 3 nitrogen and oxygen atoms in total. The molecule has 0 aliphatic heterocycles. The number of carbonyl (C=O) groups excluding carboxylic acids is 1. The molecule has 0 amide bonds. The van der Waals surface area contributed by atoms with Gasteiger partial charge >= 0.3 is 0 Å². The van der Waals surface area contributed by atoms with Gasteiger partial charge in [0.2, 0.25) is 0 Å². The Morgan fingerprint density at radius 3 is 2.18 bits per heavy atom. The van der Waals surface area contributed by atoms with Gasteiger partial charge in [-0.1, -0.05) is 37.6 Å². The first-order chi connectivity index (χ1) is 10.3. The Kier molecular flexibility index (Phi) is 7.80. The molecule has 0 saturated heterocycles. The van der Waals surface area contributed by atoms with Gasteiger partial charge in [0.15, 0.2) is 9.84 Å². The number of sulfone groups is 1. The highest BCUT2D eigenvalue weighted by molar-refractivity contribution is 7.91. The summed E-state index contributed by atoms with van der Waals surface area (Å²) in [5, 5.41) is -0.363. The van der Waals surface area contributed by atoms with Crippen molar-refractivity contribution >= 4 is 15.6 Å². The number of hydrogen-bond donors (Lipinski definition) is 0. The van der Waals surface area contributed by atoms with Crippen molar-refractivity contribution in [2.24, 2.45) is 0 Å². The number of unbranched alkanes of at least 4 members (excludes halogenated alkanes) is 1. The van der Waals surface area contributed by atoms with E-state index in [1.54, 1.807) is 13.8 Å². The predicted octanol–water partition coefficient (Wildman–Crippen LogP) is 3.74. The Morgan fingerprint density at radius 2 is 1.64 bits per heavy atom. The van der Waals surface area contributed by atoms with Gasteiger partial charge in [0.1, 0.15) is 5.78 Å². The highest BCUT2D eigenvalue weighted by Crippen LogP contribution is 2.11. The fourth-order valence-electron chi connectivity index (χ4n) is 2.23. The molecule has 1 rings (SSSR count). The second-order valence-electron chi connectivity index (χ2n) is 6.15. The average molecular weight is 324 g/mol. The van der Waals surface area contributed by atoms with E-state index >= 15 is 0 Å². The number of rotatable bonds is 10. The molecule has 1 aromatic carbocycles. The number of aryl methyl sites for hydroxylation is 1. The zero-order valence-corrected chi connectivity index (χ0v) is 14.8. The normalized spacial score (nSPS) is 11.8. The first kappa shape index (κ1) is 18.9. The molecule has 0 N–H and O–H groups in total. The maximum atomic E-state index is 11.9. The first-order valence-corrected chi connectivity index (χ1v) is 9.87. The van der Waals surface area contributed by atoms with E-state index in [1.165, 1.54) is 18.4 Å². The minimum atomic E-state index is -3.03. The SMILES string of the molecule is CCCCc1ccc(CC(=O)CCCS(=O)(=O)C(C)C)cc1. The second kappa shape index (κ2) is 9.09. The van der Waals surface area contributed by atoms with Crippen LogP contribution in [0.15, 0.2) is 24.3 Å². The van der Waals surface area contributed by atoms with Gasteiger partial charge in [-0.3, -0.25) is 4.79 Å². The molecule has 0 bridgehead atoms. The molecule has 22 heavy (non-hydrogen) atoms. The number of Topliss-reactive ketones (excluding diaryl/α,β-unsaturated/α-hetero) is 1. The van der Waals surface area contributed by atoms with Crippen molar-refractivity contribution < 1.29 is 13.2 Å². The lowest BCUT2D eigenvalue weighted by molar-refractivity contribution is -0.118. The van der Waals surface area contributed by atoms with Crippen LogP contribution in [0.1, 0.15) is 57.6 Å². The average Bonchev–Trinajstić information content (AvgIpc) is 2.46. The topological polar surface area (TPSA) is 51.2 Å². The van der Waals surface area contributed by atoms with Crippen molar-refractivity contribution in [3.8, 4) is 0 Å². The van der Waals surface area contributed by atoms with Crippen LogP contribution in [0.4, 0.5) is 0 Å². The molecule has 0 heterocycles. The van der Waals surface area contributed by atoms with E-state index in [4.69, 9.17) is 0 Å². The molecule has 0 aromatic heterocycles. The number of hydrogen-bond acceptors (Lipinski definition) is 3. The summed E-state index contributed by atoms with van der Waals surface area (Å²) < 4.78 is 23.4. The number of benzene rings is 1. The molecule has 0 saturated carbocycles. The van der Waals surface area contributed by atoms with Gasteiger partial charge < -0.3 is 0 Å². The molecule has 0 unspecified atom stereocenters. The second-order valence-corrected chi connectivity index (χ2v) is 8.83. The Bertz CT molecular complexity index is 556. The third kappa shape index (κ3) is 6.73. The van der Waals surface area contributed by atoms with Crippen LogP contribution in [0.2, 0.25) is 0 Å². The Balaban J connectivity index is 2.39. The smallest absolute Gasteiger partial charge is 0.152 e. The van der Waals surface area contributed by atoms with E-state index in [-0.39, 0.29) is 16.8 Å². The summed E-state index contributed by atoms with van der Waals surface area (Å²) in [6.45, 7) is 5.53. The summed E-state index contributed by atoms with van der Waals surface area (Å²) in [6.07, 6.45) is 4.60. The fraction of sp³-hybridized carbons (Fsp3) is 0.611. The highest BCUT2D eigenvalue weighted by Gasteiger charge is 2.16. The van der Waals surface area contributed by atoms with Crippen LogP contribution in [0.5, 0.6) is 0 Å². The molecule has 124 valence electrons. The summed E-state index contributed by atoms with van der Waals surface area (Å²) in [5.74, 6) is 0.215. The van der Waals surface area contributed by atoms with Crippen molar-refractivity contribution in [1.82, 2.24) is 0 Å². The molecule has 0 atom stereocenters. The highest BCUT2D eigenvalue weighted by atomic mass is 32.2. The van der Waals surface area contributed by atoms with Crippen LogP contribution >= 0.6 is 0 Å². The lowest BCUT2D eigenvalue weighted by Gasteiger charge is -2.07. The van der Waals surface area contributed by atoms with Crippen LogP contribution in [0.25, 0.3) is 0 Å². The molecule has 0 fully saturated rings. The summed E-state index contributed by atoms with van der Waals surface area (Å²) >= 11 is 0. The van der Waals surface area contributed by atoms with E-state index in [0.29, 0.717) is 19.3 Å². The number of carbonyl (C=O) groups is 1. The van der Waals surface area contributed by atoms with Crippen LogP contribution in [0, 0.1) is 0 Å². The van der Waals surface area contributed by atoms with E-state index < -0.39 is 9.84 Å². The predicted molar refractivity (Wildman–Crippen MR) is 91.9 cm³/mol. The lowest BCUT2D eigenvalue weighted by atomic mass is 10.0. The van der Waals surface area contributed by atoms with Crippen molar-refractivity contribution in [3.63, 3.8) is 0 Å². The first-order valence-electron chi connectivity index (χ1n) is 8.16. The molecular weight excluding hydrogens is 296 g/mol. The van der Waals surface area contributed by atoms with Gasteiger partial charge in [-0.25, -0.2) is 8.42 Å². The van der Waals surface area contributed by atoms with Crippen molar-refractivity contribution in [2.45, 2.75) is 64.5 Å². The van der Waals surface area contributed by atoms with Gasteiger partial charge in [0, 0.05) is 12.8 Å². The van der Waals surface area contributed by atoms with Gasteiger partial charge in [0.05, 0.1) is 11.0 Å². The molecule has 0 aliphatic rings. The molecule has 4 heteroatoms. The Morgan fingerprint density at radius 1 is 1.05 bits per heavy atom. The third-order valence-corrected chi connectivity index (χ3v) is 6.14. The number of ketones is 1. The third-order valence-electron chi connectivity index (χ3n) is 3.85. The van der Waals surface area contributed by atoms with Crippen molar-refractivity contribution in [1.29, 1.82) is 0 Å². The lowest BCUT2D eigenvalue weighted by Crippen LogP contribution is -2.18. The molecular formula is C18H28O3S. The summed E-state index contributed by atoms with van der Waals surface area (Å²) in [7, 11) is -3.03. The Labute approximate surface area is 135 Å². The van der Waals surface area contributed by atoms with Crippen LogP contribution in [-0.4, -0.2) is 25.2 Å². The molecule has 0 radical (unpaired) electrons. The largest absolute Gasteiger partial charge is 0.299 e. The standard InChI is InChI=1S/C18H28O3S/c1-4-5-7-16-9-11-17(12-10-16)14-18(19)8-6-13-22(20,21)15(2)3/h9-12,15H,4-8,13-14H2,1-3H3. The van der Waals surface area contributed by atoms with Crippen LogP contribution in [0.3, 0.4) is 0 Å². The van der Waals surface area contributed by atoms with E-state index in [2.05, 4.69) is 19.1 Å². The van der Waals surface area contributed by atoms with E-state index in [9.17, 15) is 13.2 Å². The Hall–Kier alpha value is -1.16. The van der Waals surface area contributed by atoms with Crippen LogP contribution in [-0.2, 0) is 27.5 Å². The zero-order chi connectivity index (χ0) is 16.6.